The molecule has 3 heteroatoms. The molecule has 0 aromatic heterocycles. The molecule has 0 bridgehead atoms. The minimum absolute atomic E-state index is 0.355. The van der Waals surface area contributed by atoms with Gasteiger partial charge in [-0.1, -0.05) is 26.0 Å². The Morgan fingerprint density at radius 3 is 2.52 bits per heavy atom. The minimum Gasteiger partial charge on any atom is -0.382 e. The number of nitrogens with one attached hydrogen (secondary N) is 1. The highest BCUT2D eigenvalue weighted by Crippen LogP contribution is 2.26. The summed E-state index contributed by atoms with van der Waals surface area (Å²) in [5, 5.41) is 12.8. The van der Waals surface area contributed by atoms with Crippen molar-refractivity contribution in [3.05, 3.63) is 29.8 Å². The second-order valence-corrected chi connectivity index (χ2v) is 6.83. The van der Waals surface area contributed by atoms with E-state index in [9.17, 15) is 5.26 Å². The molecular weight excluding hydrogens is 260 g/mol. The quantitative estimate of drug-likeness (QED) is 0.906. The summed E-state index contributed by atoms with van der Waals surface area (Å²) in [7, 11) is 0. The van der Waals surface area contributed by atoms with E-state index in [0.717, 1.165) is 30.7 Å². The molecule has 2 rings (SSSR count). The molecule has 1 aromatic carbocycles. The second kappa shape index (κ2) is 6.49. The minimum atomic E-state index is -0.431. The summed E-state index contributed by atoms with van der Waals surface area (Å²) in [4.78, 5) is 0. The maximum absolute atomic E-state index is 9.18. The summed E-state index contributed by atoms with van der Waals surface area (Å²) in [5.41, 5.74) is 1.75. The topological polar surface area (TPSA) is 45.0 Å². The first-order valence-electron chi connectivity index (χ1n) is 7.82. The molecule has 1 aliphatic heterocycles. The van der Waals surface area contributed by atoms with Crippen LogP contribution >= 0.6 is 0 Å². The van der Waals surface area contributed by atoms with Crippen LogP contribution in [0.25, 0.3) is 0 Å². The number of benzene rings is 1. The van der Waals surface area contributed by atoms with Crippen molar-refractivity contribution in [1.29, 1.82) is 5.26 Å². The average molecular weight is 286 g/mol. The van der Waals surface area contributed by atoms with E-state index >= 15 is 0 Å². The van der Waals surface area contributed by atoms with Crippen LogP contribution in [0.1, 0.15) is 46.1 Å². The third-order valence-electron chi connectivity index (χ3n) is 4.32. The summed E-state index contributed by atoms with van der Waals surface area (Å²) < 4.78 is 5.81. The van der Waals surface area contributed by atoms with Crippen molar-refractivity contribution in [3.63, 3.8) is 0 Å². The van der Waals surface area contributed by atoms with Gasteiger partial charge in [0, 0.05) is 18.3 Å². The molecule has 1 heterocycles. The SMILES string of the molecule is CC(C)C1CC(Nc2ccc(C(C)(C)C#N)cc2)CCO1. The van der Waals surface area contributed by atoms with Crippen LogP contribution in [0.15, 0.2) is 24.3 Å². The molecule has 2 unspecified atom stereocenters. The van der Waals surface area contributed by atoms with E-state index in [2.05, 4.69) is 37.4 Å². The molecule has 0 aliphatic carbocycles. The summed E-state index contributed by atoms with van der Waals surface area (Å²) >= 11 is 0. The Kier molecular flexibility index (Phi) is 4.90. The van der Waals surface area contributed by atoms with Gasteiger partial charge in [-0.25, -0.2) is 0 Å². The molecule has 3 nitrogen and oxygen atoms in total. The van der Waals surface area contributed by atoms with Crippen molar-refractivity contribution in [2.45, 2.75) is 58.1 Å². The second-order valence-electron chi connectivity index (χ2n) is 6.83. The zero-order valence-electron chi connectivity index (χ0n) is 13.5. The van der Waals surface area contributed by atoms with Gasteiger partial charge in [-0.05, 0) is 50.3 Å². The molecule has 0 spiro atoms. The number of anilines is 1. The number of hydrogen-bond acceptors (Lipinski definition) is 3. The van der Waals surface area contributed by atoms with Crippen molar-refractivity contribution < 1.29 is 4.74 Å². The van der Waals surface area contributed by atoms with Gasteiger partial charge in [-0.3, -0.25) is 0 Å². The number of rotatable bonds is 4. The van der Waals surface area contributed by atoms with Crippen LogP contribution in [0.3, 0.4) is 0 Å². The fraction of sp³-hybridized carbons (Fsp3) is 0.611. The average Bonchev–Trinajstić information content (AvgIpc) is 2.48. The van der Waals surface area contributed by atoms with Crippen molar-refractivity contribution >= 4 is 5.69 Å². The molecule has 114 valence electrons. The highest BCUT2D eigenvalue weighted by molar-refractivity contribution is 5.47. The van der Waals surface area contributed by atoms with Gasteiger partial charge in [-0.15, -0.1) is 0 Å². The molecule has 21 heavy (non-hydrogen) atoms. The van der Waals surface area contributed by atoms with Crippen molar-refractivity contribution in [1.82, 2.24) is 0 Å². The van der Waals surface area contributed by atoms with Gasteiger partial charge >= 0.3 is 0 Å². The Hall–Kier alpha value is -1.53. The lowest BCUT2D eigenvalue weighted by Gasteiger charge is -2.33. The van der Waals surface area contributed by atoms with Crippen LogP contribution in [-0.4, -0.2) is 18.8 Å². The Bertz CT molecular complexity index is 499. The molecule has 0 radical (unpaired) electrons. The first-order chi connectivity index (χ1) is 9.92. The summed E-state index contributed by atoms with van der Waals surface area (Å²) in [6, 6.07) is 11.1. The van der Waals surface area contributed by atoms with Crippen LogP contribution in [0.5, 0.6) is 0 Å². The highest BCUT2D eigenvalue weighted by Gasteiger charge is 2.25. The van der Waals surface area contributed by atoms with Crippen LogP contribution in [-0.2, 0) is 10.2 Å². The lowest BCUT2D eigenvalue weighted by Crippen LogP contribution is -2.36. The van der Waals surface area contributed by atoms with Gasteiger partial charge in [0.2, 0.25) is 0 Å². The van der Waals surface area contributed by atoms with E-state index in [1.54, 1.807) is 0 Å². The van der Waals surface area contributed by atoms with Crippen LogP contribution in [0.2, 0.25) is 0 Å². The summed E-state index contributed by atoms with van der Waals surface area (Å²) in [6.07, 6.45) is 2.46. The van der Waals surface area contributed by atoms with Gasteiger partial charge in [-0.2, -0.15) is 5.26 Å². The fourth-order valence-corrected chi connectivity index (χ4v) is 2.71. The molecule has 1 saturated heterocycles. The molecule has 2 atom stereocenters. The zero-order chi connectivity index (χ0) is 15.5. The van der Waals surface area contributed by atoms with Crippen LogP contribution in [0.4, 0.5) is 5.69 Å². The van der Waals surface area contributed by atoms with E-state index in [1.807, 2.05) is 26.0 Å². The van der Waals surface area contributed by atoms with Crippen molar-refractivity contribution in [2.24, 2.45) is 5.92 Å². The monoisotopic (exact) mass is 286 g/mol. The molecule has 1 aromatic rings. The Balaban J connectivity index is 1.99. The first-order valence-corrected chi connectivity index (χ1v) is 7.82. The van der Waals surface area contributed by atoms with Gasteiger partial charge in [0.05, 0.1) is 17.6 Å². The normalized spacial score (nSPS) is 22.9. The Labute approximate surface area is 128 Å². The molecular formula is C18H26N2O. The van der Waals surface area contributed by atoms with Crippen LogP contribution < -0.4 is 5.32 Å². The first kappa shape index (κ1) is 15.9. The lowest BCUT2D eigenvalue weighted by atomic mass is 9.86. The molecule has 1 N–H and O–H groups in total. The third-order valence-corrected chi connectivity index (χ3v) is 4.32. The Morgan fingerprint density at radius 2 is 1.95 bits per heavy atom. The highest BCUT2D eigenvalue weighted by atomic mass is 16.5. The predicted molar refractivity (Wildman–Crippen MR) is 86.3 cm³/mol. The fourth-order valence-electron chi connectivity index (χ4n) is 2.71. The van der Waals surface area contributed by atoms with Crippen molar-refractivity contribution in [2.75, 3.05) is 11.9 Å². The van der Waals surface area contributed by atoms with Gasteiger partial charge in [0.15, 0.2) is 0 Å². The smallest absolute Gasteiger partial charge is 0.0766 e. The molecule has 1 aliphatic rings. The van der Waals surface area contributed by atoms with E-state index in [1.165, 1.54) is 0 Å². The largest absolute Gasteiger partial charge is 0.382 e. The number of nitrogens with zero attached hydrogens (tertiary/aromatic N) is 1. The van der Waals surface area contributed by atoms with E-state index in [-0.39, 0.29) is 0 Å². The molecule has 1 fully saturated rings. The van der Waals surface area contributed by atoms with Gasteiger partial charge in [0.25, 0.3) is 0 Å². The third kappa shape index (κ3) is 3.98. The predicted octanol–water partition coefficient (Wildman–Crippen LogP) is 4.10. The van der Waals surface area contributed by atoms with Gasteiger partial charge < -0.3 is 10.1 Å². The molecule has 0 saturated carbocycles. The molecule has 0 amide bonds. The van der Waals surface area contributed by atoms with Crippen molar-refractivity contribution in [3.8, 4) is 6.07 Å². The van der Waals surface area contributed by atoms with Gasteiger partial charge in [0.1, 0.15) is 0 Å². The number of nitriles is 1. The summed E-state index contributed by atoms with van der Waals surface area (Å²) in [6.45, 7) is 9.15. The van der Waals surface area contributed by atoms with E-state index < -0.39 is 5.41 Å². The lowest BCUT2D eigenvalue weighted by molar-refractivity contribution is -0.0160. The van der Waals surface area contributed by atoms with E-state index in [0.29, 0.717) is 18.1 Å². The van der Waals surface area contributed by atoms with Crippen LogP contribution in [0, 0.1) is 17.2 Å². The maximum Gasteiger partial charge on any atom is 0.0766 e. The zero-order valence-corrected chi connectivity index (χ0v) is 13.5. The maximum atomic E-state index is 9.18. The number of ether oxygens (including phenoxy) is 1. The number of hydrogen-bond donors (Lipinski definition) is 1. The van der Waals surface area contributed by atoms with E-state index in [4.69, 9.17) is 4.74 Å². The Morgan fingerprint density at radius 1 is 1.29 bits per heavy atom. The standard InChI is InChI=1S/C18H26N2O/c1-13(2)17-11-16(9-10-21-17)20-15-7-5-14(6-8-15)18(3,4)12-19/h5-8,13,16-17,20H,9-11H2,1-4H3. The summed E-state index contributed by atoms with van der Waals surface area (Å²) in [5.74, 6) is 0.563.